The van der Waals surface area contributed by atoms with Crippen molar-refractivity contribution in [3.63, 3.8) is 0 Å². The van der Waals surface area contributed by atoms with Gasteiger partial charge in [-0.1, -0.05) is 0 Å². The lowest BCUT2D eigenvalue weighted by Gasteiger charge is -2.25. The number of likely N-dealkylation sites (N-methyl/N-ethyl adjacent to an activating group) is 1. The van der Waals surface area contributed by atoms with Crippen molar-refractivity contribution in [2.45, 2.75) is 0 Å². The van der Waals surface area contributed by atoms with Gasteiger partial charge in [0.05, 0.1) is 7.57 Å². The number of rotatable bonds is 2. The van der Waals surface area contributed by atoms with E-state index in [-0.39, 0.29) is 5.78 Å². The Hall–Kier alpha value is -0.530. The van der Waals surface area contributed by atoms with Crippen molar-refractivity contribution in [2.24, 2.45) is 0 Å². The highest BCUT2D eigenvalue weighted by atomic mass is 79.9. The number of piperidine rings is 1. The fraction of sp³-hybridized carbons (Fsp3) is 0.188. The fourth-order valence-electron chi connectivity index (χ4n) is 2.36. The van der Waals surface area contributed by atoms with E-state index in [0.29, 0.717) is 13.1 Å². The first-order valence-electron chi connectivity index (χ1n) is 6.66. The Morgan fingerprint density at radius 2 is 1.41 bits per heavy atom. The number of nitrogens with zero attached hydrogens (tertiary/aromatic N) is 1. The van der Waals surface area contributed by atoms with Crippen molar-refractivity contribution in [1.29, 1.82) is 0 Å². The number of hydrogen-bond acceptors (Lipinski definition) is 4. The van der Waals surface area contributed by atoms with Gasteiger partial charge in [-0.05, 0) is 75.3 Å². The lowest BCUT2D eigenvalue weighted by molar-refractivity contribution is -0.113. The average molecular weight is 459 g/mol. The van der Waals surface area contributed by atoms with Gasteiger partial charge in [0, 0.05) is 34.0 Å². The van der Waals surface area contributed by atoms with Crippen LogP contribution in [0, 0.1) is 0 Å². The van der Waals surface area contributed by atoms with E-state index in [1.807, 2.05) is 43.5 Å². The molecule has 3 rings (SSSR count). The third kappa shape index (κ3) is 3.86. The Balaban J connectivity index is 1.91. The molecule has 6 heteroatoms. The van der Waals surface area contributed by atoms with Crippen molar-refractivity contribution in [3.05, 3.63) is 52.7 Å². The molecule has 0 bridgehead atoms. The van der Waals surface area contributed by atoms with Crippen LogP contribution >= 0.6 is 54.5 Å². The van der Waals surface area contributed by atoms with Gasteiger partial charge in [-0.2, -0.15) is 0 Å². The standard InChI is InChI=1S/C16H13Br2NOS2/c1-19-8-10(6-12-2-4-14(17)21-12)16(20)11(9-19)7-13-3-5-15(18)22-13/h2-7H,8-9H2,1H3/b10-6-,11-7+. The van der Waals surface area contributed by atoms with Gasteiger partial charge in [0.15, 0.2) is 5.78 Å². The molecule has 2 aromatic rings. The second-order valence-electron chi connectivity index (χ2n) is 5.12. The lowest BCUT2D eigenvalue weighted by atomic mass is 9.97. The highest BCUT2D eigenvalue weighted by molar-refractivity contribution is 9.11. The smallest absolute Gasteiger partial charge is 0.187 e. The van der Waals surface area contributed by atoms with Crippen LogP contribution in [0.1, 0.15) is 9.75 Å². The lowest BCUT2D eigenvalue weighted by Crippen LogP contribution is -2.34. The molecular weight excluding hydrogens is 446 g/mol. The van der Waals surface area contributed by atoms with Gasteiger partial charge in [0.25, 0.3) is 0 Å². The van der Waals surface area contributed by atoms with Crippen LogP contribution in [-0.4, -0.2) is 30.8 Å². The number of Topliss-reactive ketones (excluding diaryl/α,β-unsaturated/α-hetero) is 1. The molecule has 1 aliphatic rings. The van der Waals surface area contributed by atoms with Gasteiger partial charge < -0.3 is 0 Å². The summed E-state index contributed by atoms with van der Waals surface area (Å²) in [4.78, 5) is 17.1. The number of carbonyl (C=O) groups excluding carboxylic acids is 1. The molecule has 114 valence electrons. The molecule has 2 aromatic heterocycles. The third-order valence-corrected chi connectivity index (χ3v) is 6.43. The molecule has 0 aromatic carbocycles. The summed E-state index contributed by atoms with van der Waals surface area (Å²) in [6, 6.07) is 8.08. The molecule has 1 fully saturated rings. The molecule has 1 saturated heterocycles. The summed E-state index contributed by atoms with van der Waals surface area (Å²) in [6.07, 6.45) is 4.01. The van der Waals surface area contributed by atoms with E-state index in [4.69, 9.17) is 0 Å². The maximum Gasteiger partial charge on any atom is 0.187 e. The number of carbonyl (C=O) groups is 1. The predicted octanol–water partition coefficient (Wildman–Crippen LogP) is 5.32. The number of thiophene rings is 2. The quantitative estimate of drug-likeness (QED) is 0.568. The van der Waals surface area contributed by atoms with Crippen molar-refractivity contribution in [3.8, 4) is 0 Å². The van der Waals surface area contributed by atoms with E-state index in [1.165, 1.54) is 0 Å². The molecule has 0 saturated carbocycles. The fourth-order valence-corrected chi connectivity index (χ4v) is 5.15. The van der Waals surface area contributed by atoms with Crippen molar-refractivity contribution < 1.29 is 4.79 Å². The summed E-state index contributed by atoms with van der Waals surface area (Å²) in [5.74, 6) is 0.159. The van der Waals surface area contributed by atoms with Crippen LogP contribution in [-0.2, 0) is 4.79 Å². The van der Waals surface area contributed by atoms with E-state index in [9.17, 15) is 4.79 Å². The normalized spacial score (nSPS) is 20.2. The number of ketones is 1. The zero-order valence-corrected chi connectivity index (χ0v) is 16.6. The molecular formula is C16H13Br2NOS2. The summed E-state index contributed by atoms with van der Waals surface area (Å²) < 4.78 is 2.16. The molecule has 0 atom stereocenters. The van der Waals surface area contributed by atoms with Gasteiger partial charge in [-0.15, -0.1) is 22.7 Å². The molecule has 2 nitrogen and oxygen atoms in total. The Labute approximate surface area is 154 Å². The van der Waals surface area contributed by atoms with Crippen LogP contribution in [0.3, 0.4) is 0 Å². The van der Waals surface area contributed by atoms with Gasteiger partial charge in [-0.25, -0.2) is 0 Å². The maximum atomic E-state index is 12.7. The summed E-state index contributed by atoms with van der Waals surface area (Å²) in [6.45, 7) is 1.39. The highest BCUT2D eigenvalue weighted by Gasteiger charge is 2.24. The Morgan fingerprint density at radius 1 is 0.955 bits per heavy atom. The topological polar surface area (TPSA) is 20.3 Å². The van der Waals surface area contributed by atoms with Crippen molar-refractivity contribution in [2.75, 3.05) is 20.1 Å². The van der Waals surface area contributed by atoms with Gasteiger partial charge in [0.2, 0.25) is 0 Å². The van der Waals surface area contributed by atoms with Gasteiger partial charge in [0.1, 0.15) is 0 Å². The first-order valence-corrected chi connectivity index (χ1v) is 9.88. The van der Waals surface area contributed by atoms with E-state index < -0.39 is 0 Å². The van der Waals surface area contributed by atoms with Crippen LogP contribution < -0.4 is 0 Å². The van der Waals surface area contributed by atoms with E-state index in [2.05, 4.69) is 36.8 Å². The van der Waals surface area contributed by atoms with Gasteiger partial charge in [-0.3, -0.25) is 9.69 Å². The van der Waals surface area contributed by atoms with Crippen molar-refractivity contribution >= 4 is 72.5 Å². The second-order valence-corrected chi connectivity index (χ2v) is 10.1. The van der Waals surface area contributed by atoms with Crippen LogP contribution in [0.15, 0.2) is 43.0 Å². The molecule has 0 N–H and O–H groups in total. The molecule has 0 radical (unpaired) electrons. The molecule has 0 amide bonds. The zero-order valence-electron chi connectivity index (χ0n) is 11.8. The van der Waals surface area contributed by atoms with E-state index in [0.717, 1.165) is 28.5 Å². The first kappa shape index (κ1) is 16.3. The summed E-state index contributed by atoms with van der Waals surface area (Å²) in [5, 5.41) is 0. The zero-order chi connectivity index (χ0) is 15.7. The van der Waals surface area contributed by atoms with Gasteiger partial charge >= 0.3 is 0 Å². The van der Waals surface area contributed by atoms with Crippen LogP contribution in [0.2, 0.25) is 0 Å². The minimum Gasteiger partial charge on any atom is -0.298 e. The van der Waals surface area contributed by atoms with Crippen molar-refractivity contribution in [1.82, 2.24) is 4.90 Å². The Bertz CT molecular complexity index is 710. The SMILES string of the molecule is CN1C/C(=C/c2ccc(Br)s2)C(=O)/C(=C/c2ccc(Br)s2)C1. The second kappa shape index (κ2) is 6.93. The predicted molar refractivity (Wildman–Crippen MR) is 102 cm³/mol. The molecule has 22 heavy (non-hydrogen) atoms. The minimum atomic E-state index is 0.159. The van der Waals surface area contributed by atoms with Crippen LogP contribution in [0.25, 0.3) is 12.2 Å². The molecule has 0 unspecified atom stereocenters. The summed E-state index contributed by atoms with van der Waals surface area (Å²) in [5.41, 5.74) is 1.70. The number of likely N-dealkylation sites (tertiary alicyclic amines) is 1. The number of halogens is 2. The third-order valence-electron chi connectivity index (χ3n) is 3.28. The molecule has 3 heterocycles. The molecule has 0 aliphatic carbocycles. The minimum absolute atomic E-state index is 0.159. The number of hydrogen-bond donors (Lipinski definition) is 0. The first-order chi connectivity index (χ1) is 10.5. The largest absolute Gasteiger partial charge is 0.298 e. The van der Waals surface area contributed by atoms with E-state index in [1.54, 1.807) is 22.7 Å². The average Bonchev–Trinajstić information content (AvgIpc) is 3.04. The summed E-state index contributed by atoms with van der Waals surface area (Å²) in [7, 11) is 2.04. The Kier molecular flexibility index (Phi) is 5.14. The monoisotopic (exact) mass is 457 g/mol. The molecule has 0 spiro atoms. The molecule has 1 aliphatic heterocycles. The Morgan fingerprint density at radius 3 is 1.77 bits per heavy atom. The van der Waals surface area contributed by atoms with Crippen LogP contribution in [0.4, 0.5) is 0 Å². The highest BCUT2D eigenvalue weighted by Crippen LogP contribution is 2.28. The van der Waals surface area contributed by atoms with E-state index >= 15 is 0 Å². The van der Waals surface area contributed by atoms with Crippen LogP contribution in [0.5, 0.6) is 0 Å². The summed E-state index contributed by atoms with van der Waals surface area (Å²) >= 11 is 10.2. The maximum absolute atomic E-state index is 12.7.